The van der Waals surface area contributed by atoms with Crippen molar-refractivity contribution in [2.75, 3.05) is 13.6 Å². The highest BCUT2D eigenvalue weighted by Gasteiger charge is 2.38. The highest BCUT2D eigenvalue weighted by Crippen LogP contribution is 2.35. The number of nitrogens with one attached hydrogen (secondary N) is 1. The van der Waals surface area contributed by atoms with Gasteiger partial charge in [-0.15, -0.1) is 0 Å². The Balaban J connectivity index is 2.65. The van der Waals surface area contributed by atoms with Gasteiger partial charge in [0.25, 0.3) is 0 Å². The van der Waals surface area contributed by atoms with E-state index in [1.54, 1.807) is 0 Å². The van der Waals surface area contributed by atoms with Crippen LogP contribution in [0.25, 0.3) is 0 Å². The summed E-state index contributed by atoms with van der Waals surface area (Å²) in [6.45, 7) is 4.28. The van der Waals surface area contributed by atoms with Crippen LogP contribution in [-0.4, -0.2) is 47.1 Å². The molecule has 1 fully saturated rings. The lowest BCUT2D eigenvalue weighted by molar-refractivity contribution is -0.142. The van der Waals surface area contributed by atoms with Crippen molar-refractivity contribution in [2.24, 2.45) is 0 Å². The number of aliphatic carboxylic acids is 1. The second kappa shape index (κ2) is 7.62. The molecule has 0 heterocycles. The minimum atomic E-state index is -0.777. The van der Waals surface area contributed by atoms with Crippen molar-refractivity contribution < 1.29 is 14.7 Å². The third kappa shape index (κ3) is 4.78. The zero-order chi connectivity index (χ0) is 15.2. The van der Waals surface area contributed by atoms with Crippen LogP contribution in [-0.2, 0) is 9.59 Å². The predicted molar refractivity (Wildman–Crippen MR) is 78.6 cm³/mol. The highest BCUT2D eigenvalue weighted by molar-refractivity contribution is 5.78. The monoisotopic (exact) mass is 284 g/mol. The molecule has 1 amide bonds. The van der Waals surface area contributed by atoms with Crippen molar-refractivity contribution in [2.45, 2.75) is 70.4 Å². The Morgan fingerprint density at radius 2 is 1.90 bits per heavy atom. The van der Waals surface area contributed by atoms with E-state index in [4.69, 9.17) is 0 Å². The van der Waals surface area contributed by atoms with E-state index in [0.717, 1.165) is 38.5 Å². The molecule has 0 aromatic heterocycles. The lowest BCUT2D eigenvalue weighted by Crippen LogP contribution is -2.53. The molecular weight excluding hydrogens is 256 g/mol. The van der Waals surface area contributed by atoms with E-state index in [9.17, 15) is 14.7 Å². The summed E-state index contributed by atoms with van der Waals surface area (Å²) in [7, 11) is 1.88. The average Bonchev–Trinajstić information content (AvgIpc) is 2.38. The van der Waals surface area contributed by atoms with Gasteiger partial charge in [0, 0.05) is 11.6 Å². The molecule has 0 radical (unpaired) electrons. The molecule has 0 bridgehead atoms. The van der Waals surface area contributed by atoms with E-state index in [0.29, 0.717) is 0 Å². The number of carbonyl (C=O) groups is 2. The van der Waals surface area contributed by atoms with Crippen LogP contribution in [0.3, 0.4) is 0 Å². The minimum absolute atomic E-state index is 0.0165. The molecule has 0 aliphatic heterocycles. The number of nitrogens with zero attached hydrogens (tertiary/aromatic N) is 1. The van der Waals surface area contributed by atoms with E-state index in [1.165, 1.54) is 0 Å². The van der Waals surface area contributed by atoms with Crippen molar-refractivity contribution in [1.82, 2.24) is 10.2 Å². The summed E-state index contributed by atoms with van der Waals surface area (Å²) in [5, 5.41) is 12.1. The van der Waals surface area contributed by atoms with Crippen LogP contribution in [0.15, 0.2) is 0 Å². The number of hydrogen-bond donors (Lipinski definition) is 2. The molecule has 0 spiro atoms. The summed E-state index contributed by atoms with van der Waals surface area (Å²) in [6.07, 6.45) is 6.01. The molecule has 1 aliphatic rings. The highest BCUT2D eigenvalue weighted by atomic mass is 16.4. The average molecular weight is 284 g/mol. The van der Waals surface area contributed by atoms with Gasteiger partial charge in [-0.1, -0.05) is 26.2 Å². The molecule has 1 atom stereocenters. The van der Waals surface area contributed by atoms with Gasteiger partial charge < -0.3 is 10.4 Å². The number of carboxylic acids is 1. The maximum atomic E-state index is 12.0. The molecule has 5 nitrogen and oxygen atoms in total. The molecule has 0 saturated heterocycles. The Morgan fingerprint density at radius 1 is 1.30 bits per heavy atom. The molecule has 1 unspecified atom stereocenters. The summed E-state index contributed by atoms with van der Waals surface area (Å²) >= 11 is 0. The van der Waals surface area contributed by atoms with Crippen molar-refractivity contribution >= 4 is 11.9 Å². The van der Waals surface area contributed by atoms with Gasteiger partial charge in [-0.05, 0) is 33.2 Å². The number of carboxylic acid groups (broad SMARTS) is 1. The van der Waals surface area contributed by atoms with Crippen LogP contribution in [0.4, 0.5) is 0 Å². The third-order valence-electron chi connectivity index (χ3n) is 4.47. The quantitative estimate of drug-likeness (QED) is 0.750. The second-order valence-corrected chi connectivity index (χ2v) is 6.09. The third-order valence-corrected chi connectivity index (χ3v) is 4.47. The molecule has 1 saturated carbocycles. The summed E-state index contributed by atoms with van der Waals surface area (Å²) < 4.78 is 0. The number of rotatable bonds is 7. The van der Waals surface area contributed by atoms with Crippen LogP contribution in [0.1, 0.15) is 58.8 Å². The number of likely N-dealkylation sites (N-methyl/N-ethyl adjacent to an activating group) is 1. The summed E-state index contributed by atoms with van der Waals surface area (Å²) in [5.74, 6) is -0.793. The fraction of sp³-hybridized carbons (Fsp3) is 0.867. The number of carbonyl (C=O) groups excluding carboxylic acids is 1. The van der Waals surface area contributed by atoms with Crippen LogP contribution >= 0.6 is 0 Å². The standard InChI is InChI=1S/C15H28N2O3/c1-4-12(2)16-13(18)11-17(3)15(10-14(19)20)8-6-5-7-9-15/h12H,4-11H2,1-3H3,(H,16,18)(H,19,20). The van der Waals surface area contributed by atoms with Gasteiger partial charge >= 0.3 is 5.97 Å². The largest absolute Gasteiger partial charge is 0.481 e. The summed E-state index contributed by atoms with van der Waals surface area (Å²) in [6, 6.07) is 0.165. The fourth-order valence-electron chi connectivity index (χ4n) is 2.99. The van der Waals surface area contributed by atoms with E-state index in [-0.39, 0.29) is 30.5 Å². The first-order valence-electron chi connectivity index (χ1n) is 7.62. The molecule has 1 aliphatic carbocycles. The molecule has 2 N–H and O–H groups in total. The van der Waals surface area contributed by atoms with Crippen LogP contribution < -0.4 is 5.32 Å². The molecule has 20 heavy (non-hydrogen) atoms. The molecule has 0 aromatic rings. The Bertz CT molecular complexity index is 338. The zero-order valence-electron chi connectivity index (χ0n) is 12.9. The maximum absolute atomic E-state index is 12.0. The fourth-order valence-corrected chi connectivity index (χ4v) is 2.99. The molecule has 0 aromatic carbocycles. The first kappa shape index (κ1) is 17.0. The first-order chi connectivity index (χ1) is 9.39. The molecule has 5 heteroatoms. The summed E-state index contributed by atoms with van der Waals surface area (Å²) in [4.78, 5) is 25.1. The maximum Gasteiger partial charge on any atom is 0.305 e. The predicted octanol–water partition coefficient (Wildman–Crippen LogP) is 2.01. The lowest BCUT2D eigenvalue weighted by Gasteiger charge is -2.43. The second-order valence-electron chi connectivity index (χ2n) is 6.09. The SMILES string of the molecule is CCC(C)NC(=O)CN(C)C1(CC(=O)O)CCCCC1. The van der Waals surface area contributed by atoms with E-state index >= 15 is 0 Å². The van der Waals surface area contributed by atoms with Gasteiger partial charge in [-0.25, -0.2) is 0 Å². The first-order valence-corrected chi connectivity index (χ1v) is 7.62. The smallest absolute Gasteiger partial charge is 0.305 e. The lowest BCUT2D eigenvalue weighted by atomic mass is 9.78. The Labute approximate surface area is 121 Å². The Kier molecular flexibility index (Phi) is 6.46. The van der Waals surface area contributed by atoms with Crippen molar-refractivity contribution in [3.05, 3.63) is 0 Å². The molecule has 116 valence electrons. The summed E-state index contributed by atoms with van der Waals surface area (Å²) in [5.41, 5.74) is -0.350. The molecular formula is C15H28N2O3. The van der Waals surface area contributed by atoms with Crippen LogP contribution in [0.2, 0.25) is 0 Å². The molecule has 1 rings (SSSR count). The normalized spacial score (nSPS) is 19.6. The van der Waals surface area contributed by atoms with Gasteiger partial charge in [0.2, 0.25) is 5.91 Å². The Hall–Kier alpha value is -1.10. The van der Waals surface area contributed by atoms with Crippen molar-refractivity contribution in [3.8, 4) is 0 Å². The van der Waals surface area contributed by atoms with Gasteiger partial charge in [0.15, 0.2) is 0 Å². The van der Waals surface area contributed by atoms with E-state index in [2.05, 4.69) is 5.32 Å². The zero-order valence-corrected chi connectivity index (χ0v) is 12.9. The topological polar surface area (TPSA) is 69.6 Å². The Morgan fingerprint density at radius 3 is 2.40 bits per heavy atom. The van der Waals surface area contributed by atoms with E-state index < -0.39 is 5.97 Å². The van der Waals surface area contributed by atoms with Gasteiger partial charge in [0.05, 0.1) is 13.0 Å². The van der Waals surface area contributed by atoms with Crippen LogP contribution in [0, 0.1) is 0 Å². The number of amides is 1. The van der Waals surface area contributed by atoms with E-state index in [1.807, 2.05) is 25.8 Å². The minimum Gasteiger partial charge on any atom is -0.481 e. The number of hydrogen-bond acceptors (Lipinski definition) is 3. The van der Waals surface area contributed by atoms with Gasteiger partial charge in [0.1, 0.15) is 0 Å². The van der Waals surface area contributed by atoms with Crippen molar-refractivity contribution in [3.63, 3.8) is 0 Å². The van der Waals surface area contributed by atoms with Crippen molar-refractivity contribution in [1.29, 1.82) is 0 Å². The van der Waals surface area contributed by atoms with Crippen LogP contribution in [0.5, 0.6) is 0 Å². The van der Waals surface area contributed by atoms with Gasteiger partial charge in [-0.2, -0.15) is 0 Å². The van der Waals surface area contributed by atoms with Gasteiger partial charge in [-0.3, -0.25) is 14.5 Å².